The molecule has 5 nitrogen and oxygen atoms in total. The molecule has 0 radical (unpaired) electrons. The van der Waals surface area contributed by atoms with Gasteiger partial charge in [0, 0.05) is 20.5 Å². The highest BCUT2D eigenvalue weighted by atomic mass is 127. The van der Waals surface area contributed by atoms with Crippen LogP contribution in [0.4, 0.5) is 5.69 Å². The van der Waals surface area contributed by atoms with Crippen LogP contribution in [0.2, 0.25) is 0 Å². The number of carbonyl (C=O) groups is 2. The quantitative estimate of drug-likeness (QED) is 0.427. The summed E-state index contributed by atoms with van der Waals surface area (Å²) < 4.78 is 0.971. The molecule has 0 bridgehead atoms. The Morgan fingerprint density at radius 2 is 1.83 bits per heavy atom. The lowest BCUT2D eigenvalue weighted by atomic mass is 10.2. The molecule has 6 heteroatoms. The van der Waals surface area contributed by atoms with E-state index in [-0.39, 0.29) is 18.2 Å². The van der Waals surface area contributed by atoms with Gasteiger partial charge < -0.3 is 5.32 Å². The first kappa shape index (κ1) is 18.1. The van der Waals surface area contributed by atoms with Crippen LogP contribution in [0.3, 0.4) is 0 Å². The fourth-order valence-electron chi connectivity index (χ4n) is 1.95. The van der Waals surface area contributed by atoms with Gasteiger partial charge in [-0.15, -0.1) is 0 Å². The summed E-state index contributed by atoms with van der Waals surface area (Å²) in [5.41, 5.74) is 5.39. The summed E-state index contributed by atoms with van der Waals surface area (Å²) in [6, 6.07) is 14.7. The lowest BCUT2D eigenvalue weighted by Gasteiger charge is -2.06. The Labute approximate surface area is 154 Å². The minimum atomic E-state index is -0.299. The first-order valence-electron chi connectivity index (χ1n) is 7.39. The summed E-state index contributed by atoms with van der Waals surface area (Å²) in [5, 5.41) is 6.77. The molecule has 2 amide bonds. The number of benzene rings is 2. The Kier molecular flexibility index (Phi) is 6.48. The number of carbonyl (C=O) groups excluding carboxylic acids is 2. The number of amides is 2. The molecule has 2 aromatic rings. The molecular formula is C18H18IN3O2. The second kappa shape index (κ2) is 8.58. The Morgan fingerprint density at radius 3 is 2.50 bits per heavy atom. The van der Waals surface area contributed by atoms with E-state index in [0.717, 1.165) is 14.8 Å². The number of hydrogen-bond acceptors (Lipinski definition) is 3. The van der Waals surface area contributed by atoms with E-state index in [1.807, 2.05) is 43.3 Å². The molecule has 0 saturated heterocycles. The molecule has 0 heterocycles. The minimum absolute atomic E-state index is 0.112. The maximum Gasteiger partial charge on any atom is 0.271 e. The zero-order valence-electron chi connectivity index (χ0n) is 13.5. The van der Waals surface area contributed by atoms with Crippen molar-refractivity contribution >= 4 is 45.8 Å². The largest absolute Gasteiger partial charge is 0.326 e. The van der Waals surface area contributed by atoms with Crippen molar-refractivity contribution in [2.75, 3.05) is 5.32 Å². The van der Waals surface area contributed by atoms with Crippen molar-refractivity contribution in [1.29, 1.82) is 0 Å². The van der Waals surface area contributed by atoms with Gasteiger partial charge in [-0.25, -0.2) is 5.43 Å². The Hall–Kier alpha value is -2.22. The molecule has 0 atom stereocenters. The van der Waals surface area contributed by atoms with E-state index in [9.17, 15) is 9.59 Å². The summed E-state index contributed by atoms with van der Waals surface area (Å²) in [7, 11) is 0. The zero-order chi connectivity index (χ0) is 17.5. The monoisotopic (exact) mass is 435 g/mol. The topological polar surface area (TPSA) is 70.6 Å². The van der Waals surface area contributed by atoms with Crippen LogP contribution in [0, 0.1) is 10.5 Å². The first-order chi connectivity index (χ1) is 11.4. The van der Waals surface area contributed by atoms with Gasteiger partial charge in [-0.2, -0.15) is 5.10 Å². The molecule has 2 aromatic carbocycles. The van der Waals surface area contributed by atoms with Gasteiger partial charge in [0.05, 0.1) is 6.42 Å². The lowest BCUT2D eigenvalue weighted by molar-refractivity contribution is -0.115. The van der Waals surface area contributed by atoms with E-state index in [1.165, 1.54) is 0 Å². The van der Waals surface area contributed by atoms with Crippen molar-refractivity contribution in [1.82, 2.24) is 5.43 Å². The molecule has 2 N–H and O–H groups in total. The van der Waals surface area contributed by atoms with Crippen molar-refractivity contribution < 1.29 is 9.59 Å². The smallest absolute Gasteiger partial charge is 0.271 e. The van der Waals surface area contributed by atoms with Crippen LogP contribution in [-0.2, 0) is 4.79 Å². The normalized spacial score (nSPS) is 11.0. The third kappa shape index (κ3) is 5.77. The molecule has 0 aliphatic carbocycles. The predicted octanol–water partition coefficient (Wildman–Crippen LogP) is 3.73. The van der Waals surface area contributed by atoms with Crippen LogP contribution in [0.1, 0.15) is 29.3 Å². The van der Waals surface area contributed by atoms with Crippen molar-refractivity contribution in [2.24, 2.45) is 5.10 Å². The summed E-state index contributed by atoms with van der Waals surface area (Å²) in [4.78, 5) is 23.9. The van der Waals surface area contributed by atoms with Gasteiger partial charge in [-0.3, -0.25) is 9.59 Å². The highest BCUT2D eigenvalue weighted by Gasteiger charge is 2.07. The third-order valence-electron chi connectivity index (χ3n) is 3.19. The molecular weight excluding hydrogens is 417 g/mol. The number of rotatable bonds is 5. The van der Waals surface area contributed by atoms with Gasteiger partial charge in [-0.1, -0.05) is 23.8 Å². The molecule has 0 fully saturated rings. The average molecular weight is 435 g/mol. The van der Waals surface area contributed by atoms with Gasteiger partial charge in [0.15, 0.2) is 0 Å². The van der Waals surface area contributed by atoms with Crippen LogP contribution in [0.25, 0.3) is 0 Å². The molecule has 124 valence electrons. The van der Waals surface area contributed by atoms with Gasteiger partial charge >= 0.3 is 0 Å². The van der Waals surface area contributed by atoms with E-state index in [4.69, 9.17) is 0 Å². The number of nitrogens with one attached hydrogen (secondary N) is 2. The summed E-state index contributed by atoms with van der Waals surface area (Å²) in [5.74, 6) is -0.476. The van der Waals surface area contributed by atoms with Gasteiger partial charge in [-0.05, 0) is 66.8 Å². The summed E-state index contributed by atoms with van der Waals surface area (Å²) >= 11 is 2.14. The average Bonchev–Trinajstić information content (AvgIpc) is 2.54. The lowest BCUT2D eigenvalue weighted by Crippen LogP contribution is -2.21. The molecule has 0 spiro atoms. The van der Waals surface area contributed by atoms with Gasteiger partial charge in [0.2, 0.25) is 5.91 Å². The molecule has 24 heavy (non-hydrogen) atoms. The molecule has 0 aliphatic heterocycles. The third-order valence-corrected chi connectivity index (χ3v) is 3.86. The zero-order valence-corrected chi connectivity index (χ0v) is 15.6. The molecule has 0 aliphatic rings. The predicted molar refractivity (Wildman–Crippen MR) is 104 cm³/mol. The van der Waals surface area contributed by atoms with Crippen molar-refractivity contribution in [3.05, 3.63) is 63.2 Å². The molecule has 0 saturated carbocycles. The number of hydrogen-bond donors (Lipinski definition) is 2. The van der Waals surface area contributed by atoms with Crippen LogP contribution < -0.4 is 10.7 Å². The second-order valence-electron chi connectivity index (χ2n) is 5.39. The van der Waals surface area contributed by atoms with Crippen molar-refractivity contribution in [3.63, 3.8) is 0 Å². The van der Waals surface area contributed by atoms with Gasteiger partial charge in [0.25, 0.3) is 5.91 Å². The maximum absolute atomic E-state index is 12.0. The maximum atomic E-state index is 12.0. The molecule has 0 aromatic heterocycles. The van der Waals surface area contributed by atoms with Crippen LogP contribution in [-0.4, -0.2) is 17.5 Å². The number of anilines is 1. The minimum Gasteiger partial charge on any atom is -0.326 e. The standard InChI is InChI=1S/C18H18IN3O2/c1-12-6-8-16(9-7-12)20-17(23)10-13(2)21-22-18(24)14-4-3-5-15(19)11-14/h3-9,11H,10H2,1-2H3,(H,20,23)(H,22,24). The number of nitrogens with zero attached hydrogens (tertiary/aromatic N) is 1. The summed E-state index contributed by atoms with van der Waals surface area (Å²) in [6.45, 7) is 3.68. The van der Waals surface area contributed by atoms with Crippen LogP contribution in [0.5, 0.6) is 0 Å². The fourth-order valence-corrected chi connectivity index (χ4v) is 2.50. The Balaban J connectivity index is 1.87. The SMILES string of the molecule is CC(CC(=O)Nc1ccc(C)cc1)=NNC(=O)c1cccc(I)c1. The van der Waals surface area contributed by atoms with E-state index in [2.05, 4.69) is 38.4 Å². The van der Waals surface area contributed by atoms with Gasteiger partial charge in [0.1, 0.15) is 0 Å². The van der Waals surface area contributed by atoms with E-state index >= 15 is 0 Å². The van der Waals surface area contributed by atoms with E-state index in [1.54, 1.807) is 19.1 Å². The highest BCUT2D eigenvalue weighted by Crippen LogP contribution is 2.09. The van der Waals surface area contributed by atoms with Crippen LogP contribution >= 0.6 is 22.6 Å². The number of aryl methyl sites for hydroxylation is 1. The number of halogens is 1. The highest BCUT2D eigenvalue weighted by molar-refractivity contribution is 14.1. The van der Waals surface area contributed by atoms with E-state index < -0.39 is 0 Å². The van der Waals surface area contributed by atoms with Crippen molar-refractivity contribution in [3.8, 4) is 0 Å². The number of hydrazone groups is 1. The molecule has 2 rings (SSSR count). The van der Waals surface area contributed by atoms with Crippen LogP contribution in [0.15, 0.2) is 53.6 Å². The molecule has 0 unspecified atom stereocenters. The Morgan fingerprint density at radius 1 is 1.12 bits per heavy atom. The summed E-state index contributed by atoms with van der Waals surface area (Å²) in [6.07, 6.45) is 0.112. The van der Waals surface area contributed by atoms with E-state index in [0.29, 0.717) is 11.3 Å². The van der Waals surface area contributed by atoms with Crippen molar-refractivity contribution in [2.45, 2.75) is 20.3 Å². The second-order valence-corrected chi connectivity index (χ2v) is 6.63. The fraction of sp³-hybridized carbons (Fsp3) is 0.167. The first-order valence-corrected chi connectivity index (χ1v) is 8.47. The Bertz CT molecular complexity index is 770.